The maximum absolute atomic E-state index is 14.6. The number of amides is 5. The number of thiophene rings is 1. The minimum absolute atomic E-state index is 0.0184. The first-order chi connectivity index (χ1) is 29.5. The molecule has 3 heterocycles. The van der Waals surface area contributed by atoms with Gasteiger partial charge in [0.15, 0.2) is 6.61 Å². The minimum atomic E-state index is -1.42. The Kier molecular flexibility index (Phi) is 13.5. The number of rotatable bonds is 11. The van der Waals surface area contributed by atoms with E-state index < -0.39 is 71.8 Å². The second kappa shape index (κ2) is 19.5. The van der Waals surface area contributed by atoms with Gasteiger partial charge in [-0.1, -0.05) is 103 Å². The van der Waals surface area contributed by atoms with Crippen molar-refractivity contribution in [2.45, 2.75) is 74.7 Å². The lowest BCUT2D eigenvalue weighted by Crippen LogP contribution is -2.60. The molecule has 4 aromatic carbocycles. The number of aliphatic carboxylic acids is 1. The largest absolute Gasteiger partial charge is 0.484 e. The van der Waals surface area contributed by atoms with E-state index in [0.29, 0.717) is 17.7 Å². The molecule has 2 bridgehead atoms. The fourth-order valence-corrected chi connectivity index (χ4v) is 7.93. The number of hydrogen-bond acceptors (Lipinski definition) is 8. The molecule has 5 aromatic rings. The molecule has 61 heavy (non-hydrogen) atoms. The van der Waals surface area contributed by atoms with Crippen LogP contribution in [0.1, 0.15) is 40.8 Å². The summed E-state index contributed by atoms with van der Waals surface area (Å²) in [5.74, 6) is -4.00. The van der Waals surface area contributed by atoms with Crippen LogP contribution in [0.4, 0.5) is 0 Å². The Morgan fingerprint density at radius 2 is 1.30 bits per heavy atom. The maximum Gasteiger partial charge on any atom is 0.329 e. The van der Waals surface area contributed by atoms with Crippen molar-refractivity contribution in [3.05, 3.63) is 148 Å². The molecular formula is C47H47N5O8S. The molecule has 6 N–H and O–H groups in total. The Bertz CT molecular complexity index is 2320. The van der Waals surface area contributed by atoms with Crippen LogP contribution < -0.4 is 31.3 Å². The van der Waals surface area contributed by atoms with Gasteiger partial charge in [0.25, 0.3) is 5.91 Å². The van der Waals surface area contributed by atoms with Gasteiger partial charge in [0, 0.05) is 24.1 Å². The van der Waals surface area contributed by atoms with Crippen LogP contribution in [0.15, 0.2) is 127 Å². The molecule has 8 rings (SSSR count). The monoisotopic (exact) mass is 841 g/mol. The zero-order valence-electron chi connectivity index (χ0n) is 33.3. The van der Waals surface area contributed by atoms with Crippen molar-refractivity contribution in [3.63, 3.8) is 0 Å². The van der Waals surface area contributed by atoms with E-state index >= 15 is 0 Å². The van der Waals surface area contributed by atoms with Crippen molar-refractivity contribution in [1.29, 1.82) is 0 Å². The molecule has 0 spiro atoms. The van der Waals surface area contributed by atoms with Crippen LogP contribution >= 0.6 is 11.3 Å². The molecule has 0 radical (unpaired) electrons. The van der Waals surface area contributed by atoms with Gasteiger partial charge in [-0.3, -0.25) is 24.0 Å². The number of aryl methyl sites for hydroxylation is 1. The van der Waals surface area contributed by atoms with Gasteiger partial charge in [0.05, 0.1) is 0 Å². The number of nitrogens with one attached hydrogen (secondary N) is 5. The highest BCUT2D eigenvalue weighted by molar-refractivity contribution is 7.09. The second-order valence-corrected chi connectivity index (χ2v) is 16.4. The highest BCUT2D eigenvalue weighted by atomic mass is 32.1. The predicted molar refractivity (Wildman–Crippen MR) is 229 cm³/mol. The summed E-state index contributed by atoms with van der Waals surface area (Å²) in [6.45, 7) is -0.410. The Morgan fingerprint density at radius 1 is 0.672 bits per heavy atom. The number of benzene rings is 4. The summed E-state index contributed by atoms with van der Waals surface area (Å²) in [5.41, 5.74) is 2.80. The number of carboxylic acids is 1. The van der Waals surface area contributed by atoms with E-state index in [1.807, 2.05) is 102 Å². The molecule has 1 aromatic heterocycles. The number of hydrogen-bond donors (Lipinski definition) is 6. The molecule has 4 atom stereocenters. The smallest absolute Gasteiger partial charge is 0.329 e. The van der Waals surface area contributed by atoms with Gasteiger partial charge < -0.3 is 36.4 Å². The van der Waals surface area contributed by atoms with Crippen molar-refractivity contribution in [2.75, 3.05) is 6.61 Å². The molecule has 3 aliphatic rings. The Morgan fingerprint density at radius 3 is 1.93 bits per heavy atom. The average molecular weight is 842 g/mol. The fraction of sp³-hybridized carbons (Fsp3) is 0.277. The lowest BCUT2D eigenvalue weighted by Gasteiger charge is -2.27. The highest BCUT2D eigenvalue weighted by Gasteiger charge is 2.52. The topological polar surface area (TPSA) is 192 Å². The van der Waals surface area contributed by atoms with Gasteiger partial charge >= 0.3 is 5.97 Å². The fourth-order valence-electron chi connectivity index (χ4n) is 7.18. The first-order valence-electron chi connectivity index (χ1n) is 20.2. The molecule has 14 heteroatoms. The summed E-state index contributed by atoms with van der Waals surface area (Å²) in [4.78, 5) is 83.2. The quantitative estimate of drug-likeness (QED) is 0.107. The minimum Gasteiger partial charge on any atom is -0.484 e. The number of fused-ring (bicyclic) bond motifs is 16. The summed E-state index contributed by atoms with van der Waals surface area (Å²) >= 11 is 1.42. The lowest BCUT2D eigenvalue weighted by atomic mass is 9.99. The van der Waals surface area contributed by atoms with E-state index in [1.54, 1.807) is 24.3 Å². The van der Waals surface area contributed by atoms with Crippen molar-refractivity contribution in [1.82, 2.24) is 26.6 Å². The van der Waals surface area contributed by atoms with E-state index in [9.17, 15) is 33.9 Å². The first-order valence-corrected chi connectivity index (χ1v) is 21.1. The van der Waals surface area contributed by atoms with Crippen LogP contribution in [-0.2, 0) is 54.5 Å². The van der Waals surface area contributed by atoms with Crippen LogP contribution in [0.2, 0.25) is 0 Å². The van der Waals surface area contributed by atoms with E-state index in [1.165, 1.54) is 11.3 Å². The van der Waals surface area contributed by atoms with Gasteiger partial charge in [-0.2, -0.15) is 0 Å². The van der Waals surface area contributed by atoms with Gasteiger partial charge in [-0.05, 0) is 77.1 Å². The third-order valence-corrected chi connectivity index (χ3v) is 11.8. The van der Waals surface area contributed by atoms with E-state index in [2.05, 4.69) is 26.6 Å². The van der Waals surface area contributed by atoms with E-state index in [-0.39, 0.29) is 38.5 Å². The Labute approximate surface area is 357 Å². The third kappa shape index (κ3) is 11.5. The molecule has 13 nitrogen and oxygen atoms in total. The van der Waals surface area contributed by atoms with E-state index in [4.69, 9.17) is 4.74 Å². The molecule has 1 fully saturated rings. The van der Waals surface area contributed by atoms with Crippen molar-refractivity contribution in [3.8, 4) is 16.9 Å². The van der Waals surface area contributed by atoms with Crippen molar-refractivity contribution in [2.24, 2.45) is 0 Å². The zero-order chi connectivity index (χ0) is 42.8. The summed E-state index contributed by atoms with van der Waals surface area (Å²) in [6.07, 6.45) is 1.19. The molecule has 1 aliphatic carbocycles. The predicted octanol–water partition coefficient (Wildman–Crippen LogP) is 4.14. The molecule has 314 valence electrons. The highest BCUT2D eigenvalue weighted by Crippen LogP contribution is 2.35. The molecule has 1 saturated carbocycles. The first kappa shape index (κ1) is 42.3. The third-order valence-electron chi connectivity index (χ3n) is 10.9. The molecule has 5 amide bonds. The summed E-state index contributed by atoms with van der Waals surface area (Å²) in [7, 11) is 0. The van der Waals surface area contributed by atoms with Gasteiger partial charge in [0.1, 0.15) is 35.5 Å². The van der Waals surface area contributed by atoms with Crippen LogP contribution in [0.5, 0.6) is 5.75 Å². The van der Waals surface area contributed by atoms with Crippen LogP contribution in [-0.4, -0.2) is 76.9 Å². The summed E-state index contributed by atoms with van der Waals surface area (Å²) < 4.78 is 5.76. The van der Waals surface area contributed by atoms with Gasteiger partial charge in [-0.15, -0.1) is 11.3 Å². The SMILES string of the molecule is O=C1COc2ccc(cc2)C[C@@H](C(=O)NC2(C(=O)O)CC2)NC(=O)[C@@H](CCc2ccccc2)NC(=O)[C@H](Cc2ccc(-c3ccccc3)cc2)NC(=O)[C@@H](Cc2cccs2)N1. The normalized spacial score (nSPS) is 20.6. The van der Waals surface area contributed by atoms with Gasteiger partial charge in [0.2, 0.25) is 23.6 Å². The average Bonchev–Trinajstić information content (AvgIpc) is 3.88. The maximum atomic E-state index is 14.6. The molecule has 2 aliphatic heterocycles. The standard InChI is InChI=1S/C47H47N5O8S/c53-41-29-60-35-20-15-32(16-21-35)27-39(45(57)52-47(23-24-47)46(58)59)51-42(54)37(22-17-30-8-3-1-4-9-30)49-43(55)38(50-44(56)40(48-41)28-36-12-7-25-61-36)26-31-13-18-34(19-14-31)33-10-5-2-6-11-33/h1-16,18-21,25,37-40H,17,22-24,26-29H2,(H,48,53)(H,49,55)(H,50,56)(H,51,54)(H,52,57)(H,58,59)/t37-,38+,39+,40-/m1/s1. The van der Waals surface area contributed by atoms with E-state index in [0.717, 1.165) is 27.1 Å². The molecule has 0 unspecified atom stereocenters. The number of ether oxygens (including phenoxy) is 1. The Hall–Kier alpha value is -6.80. The lowest BCUT2D eigenvalue weighted by molar-refractivity contribution is -0.143. The van der Waals surface area contributed by atoms with Crippen molar-refractivity contribution < 1.29 is 38.6 Å². The van der Waals surface area contributed by atoms with Crippen LogP contribution in [0.25, 0.3) is 11.1 Å². The number of carbonyl (C=O) groups excluding carboxylic acids is 5. The van der Waals surface area contributed by atoms with Gasteiger partial charge in [-0.25, -0.2) is 4.79 Å². The van der Waals surface area contributed by atoms with Crippen LogP contribution in [0, 0.1) is 0 Å². The zero-order valence-corrected chi connectivity index (χ0v) is 34.1. The van der Waals surface area contributed by atoms with Crippen LogP contribution in [0.3, 0.4) is 0 Å². The summed E-state index contributed by atoms with van der Waals surface area (Å²) in [6, 6.07) is 32.4. The van der Waals surface area contributed by atoms with Crippen molar-refractivity contribution >= 4 is 46.8 Å². The molecule has 0 saturated heterocycles. The number of carboxylic acid groups (broad SMARTS) is 1. The second-order valence-electron chi connectivity index (χ2n) is 15.4. The Balaban J connectivity index is 1.22. The molecular weight excluding hydrogens is 795 g/mol. The number of carbonyl (C=O) groups is 6. The summed E-state index contributed by atoms with van der Waals surface area (Å²) in [5, 5.41) is 25.7.